The first-order valence-corrected chi connectivity index (χ1v) is 8.13. The molecule has 0 N–H and O–H groups in total. The maximum Gasteiger partial charge on any atom is 0.289 e. The Labute approximate surface area is 141 Å². The minimum atomic E-state index is -0.0673. The summed E-state index contributed by atoms with van der Waals surface area (Å²) in [5.41, 5.74) is 0. The van der Waals surface area contributed by atoms with E-state index in [1.54, 1.807) is 17.0 Å². The maximum absolute atomic E-state index is 12.3. The number of aryl methyl sites for hydroxylation is 1. The molecule has 2 aromatic rings. The van der Waals surface area contributed by atoms with E-state index in [0.29, 0.717) is 43.6 Å². The lowest BCUT2D eigenvalue weighted by atomic mass is 10.3. The second-order valence-electron chi connectivity index (χ2n) is 6.03. The largest absolute Gasteiger partial charge is 0.475 e. The highest BCUT2D eigenvalue weighted by atomic mass is 16.5. The van der Waals surface area contributed by atoms with Crippen molar-refractivity contribution in [3.8, 4) is 5.88 Å². The van der Waals surface area contributed by atoms with E-state index in [2.05, 4.69) is 14.9 Å². The smallest absolute Gasteiger partial charge is 0.289 e. The van der Waals surface area contributed by atoms with Crippen molar-refractivity contribution in [2.45, 2.75) is 26.9 Å². The minimum absolute atomic E-state index is 0.0647. The van der Waals surface area contributed by atoms with E-state index >= 15 is 0 Å². The Morgan fingerprint density at radius 1 is 1.25 bits per heavy atom. The molecule has 1 amide bonds. The summed E-state index contributed by atoms with van der Waals surface area (Å²) in [5.74, 6) is 2.42. The van der Waals surface area contributed by atoms with Gasteiger partial charge in [-0.05, 0) is 32.9 Å². The van der Waals surface area contributed by atoms with Crippen LogP contribution in [-0.2, 0) is 0 Å². The monoisotopic (exact) mass is 330 g/mol. The summed E-state index contributed by atoms with van der Waals surface area (Å²) in [7, 11) is 0. The van der Waals surface area contributed by atoms with Crippen molar-refractivity contribution in [2.75, 3.05) is 31.1 Å². The lowest BCUT2D eigenvalue weighted by molar-refractivity contribution is 0.0714. The molecular formula is C17H22N4O3. The molecule has 0 aliphatic carbocycles. The molecule has 0 unspecified atom stereocenters. The van der Waals surface area contributed by atoms with Crippen LogP contribution in [0, 0.1) is 6.92 Å². The zero-order valence-corrected chi connectivity index (χ0v) is 14.2. The molecule has 3 rings (SSSR count). The van der Waals surface area contributed by atoms with Crippen molar-refractivity contribution in [3.05, 3.63) is 36.0 Å². The zero-order chi connectivity index (χ0) is 17.1. The Hall–Kier alpha value is -2.57. The first-order chi connectivity index (χ1) is 11.5. The van der Waals surface area contributed by atoms with Crippen molar-refractivity contribution in [2.24, 2.45) is 0 Å². The molecule has 24 heavy (non-hydrogen) atoms. The molecule has 1 aliphatic heterocycles. The highest BCUT2D eigenvalue weighted by molar-refractivity contribution is 5.91. The van der Waals surface area contributed by atoms with Gasteiger partial charge in [-0.3, -0.25) is 4.79 Å². The summed E-state index contributed by atoms with van der Waals surface area (Å²) in [6.07, 6.45) is 1.58. The number of hydrogen-bond acceptors (Lipinski definition) is 6. The average Bonchev–Trinajstić information content (AvgIpc) is 3.07. The van der Waals surface area contributed by atoms with Crippen LogP contribution in [0.4, 0.5) is 5.82 Å². The molecular weight excluding hydrogens is 308 g/mol. The highest BCUT2D eigenvalue weighted by Gasteiger charge is 2.24. The van der Waals surface area contributed by atoms with Gasteiger partial charge in [-0.15, -0.1) is 0 Å². The number of furan rings is 1. The summed E-state index contributed by atoms with van der Waals surface area (Å²) in [6, 6.07) is 5.28. The van der Waals surface area contributed by atoms with Gasteiger partial charge in [0.25, 0.3) is 5.91 Å². The van der Waals surface area contributed by atoms with Gasteiger partial charge >= 0.3 is 0 Å². The molecule has 0 bridgehead atoms. The Kier molecular flexibility index (Phi) is 4.69. The van der Waals surface area contributed by atoms with E-state index in [1.165, 1.54) is 6.26 Å². The third-order valence-electron chi connectivity index (χ3n) is 3.78. The molecule has 0 saturated carbocycles. The molecule has 2 aromatic heterocycles. The second kappa shape index (κ2) is 6.90. The number of rotatable bonds is 4. The predicted molar refractivity (Wildman–Crippen MR) is 89.4 cm³/mol. The molecule has 7 heteroatoms. The van der Waals surface area contributed by atoms with Crippen LogP contribution in [0.5, 0.6) is 5.88 Å². The van der Waals surface area contributed by atoms with Crippen LogP contribution in [0.2, 0.25) is 0 Å². The standard InChI is InChI=1S/C17H22N4O3/c1-12(2)24-16-11-15(18-13(3)19-16)20-6-8-21(9-7-20)17(22)14-5-4-10-23-14/h4-5,10-12H,6-9H2,1-3H3. The predicted octanol–water partition coefficient (Wildman–Crippen LogP) is 2.13. The van der Waals surface area contributed by atoms with Crippen LogP contribution in [0.3, 0.4) is 0 Å². The molecule has 1 fully saturated rings. The maximum atomic E-state index is 12.3. The number of carbonyl (C=O) groups excluding carboxylic acids is 1. The van der Waals surface area contributed by atoms with E-state index in [0.717, 1.165) is 5.82 Å². The molecule has 1 saturated heterocycles. The molecule has 128 valence electrons. The van der Waals surface area contributed by atoms with Crippen LogP contribution >= 0.6 is 0 Å². The Morgan fingerprint density at radius 2 is 2.00 bits per heavy atom. The van der Waals surface area contributed by atoms with Crippen LogP contribution < -0.4 is 9.64 Å². The fourth-order valence-electron chi connectivity index (χ4n) is 2.68. The number of amides is 1. The first-order valence-electron chi connectivity index (χ1n) is 8.13. The number of aromatic nitrogens is 2. The van der Waals surface area contributed by atoms with Gasteiger partial charge in [-0.25, -0.2) is 4.98 Å². The molecule has 0 spiro atoms. The van der Waals surface area contributed by atoms with Gasteiger partial charge in [0.15, 0.2) is 5.76 Å². The Balaban J connectivity index is 1.66. The van der Waals surface area contributed by atoms with Crippen molar-refractivity contribution in [1.82, 2.24) is 14.9 Å². The van der Waals surface area contributed by atoms with E-state index in [4.69, 9.17) is 9.15 Å². The summed E-state index contributed by atoms with van der Waals surface area (Å²) in [6.45, 7) is 8.47. The Morgan fingerprint density at radius 3 is 2.62 bits per heavy atom. The highest BCUT2D eigenvalue weighted by Crippen LogP contribution is 2.20. The molecule has 3 heterocycles. The fourth-order valence-corrected chi connectivity index (χ4v) is 2.68. The van der Waals surface area contributed by atoms with E-state index in [-0.39, 0.29) is 12.0 Å². The summed E-state index contributed by atoms with van der Waals surface area (Å²) in [4.78, 5) is 25.1. The van der Waals surface area contributed by atoms with Crippen molar-refractivity contribution in [1.29, 1.82) is 0 Å². The topological polar surface area (TPSA) is 71.7 Å². The minimum Gasteiger partial charge on any atom is -0.475 e. The molecule has 0 atom stereocenters. The molecule has 0 radical (unpaired) electrons. The van der Waals surface area contributed by atoms with Gasteiger partial charge in [0.05, 0.1) is 12.4 Å². The number of nitrogens with zero attached hydrogens (tertiary/aromatic N) is 4. The summed E-state index contributed by atoms with van der Waals surface area (Å²) < 4.78 is 10.9. The SMILES string of the molecule is Cc1nc(OC(C)C)cc(N2CCN(C(=O)c3ccco3)CC2)n1. The first kappa shape index (κ1) is 16.3. The normalized spacial score (nSPS) is 15.0. The molecule has 1 aliphatic rings. The zero-order valence-electron chi connectivity index (χ0n) is 14.2. The fraction of sp³-hybridized carbons (Fsp3) is 0.471. The lowest BCUT2D eigenvalue weighted by Crippen LogP contribution is -2.49. The van der Waals surface area contributed by atoms with Crippen molar-refractivity contribution >= 4 is 11.7 Å². The number of ether oxygens (including phenoxy) is 1. The van der Waals surface area contributed by atoms with Gasteiger partial charge in [0.2, 0.25) is 5.88 Å². The average molecular weight is 330 g/mol. The van der Waals surface area contributed by atoms with Gasteiger partial charge in [0, 0.05) is 32.2 Å². The second-order valence-corrected chi connectivity index (χ2v) is 6.03. The van der Waals surface area contributed by atoms with Crippen LogP contribution in [0.1, 0.15) is 30.2 Å². The van der Waals surface area contributed by atoms with Crippen LogP contribution in [0.15, 0.2) is 28.9 Å². The molecule has 0 aromatic carbocycles. The van der Waals surface area contributed by atoms with E-state index in [9.17, 15) is 4.79 Å². The van der Waals surface area contributed by atoms with Crippen LogP contribution in [0.25, 0.3) is 0 Å². The van der Waals surface area contributed by atoms with Gasteiger partial charge < -0.3 is 19.0 Å². The molecule has 7 nitrogen and oxygen atoms in total. The summed E-state index contributed by atoms with van der Waals surface area (Å²) in [5, 5.41) is 0. The van der Waals surface area contributed by atoms with E-state index in [1.807, 2.05) is 26.8 Å². The lowest BCUT2D eigenvalue weighted by Gasteiger charge is -2.35. The third kappa shape index (κ3) is 3.67. The number of carbonyl (C=O) groups is 1. The van der Waals surface area contributed by atoms with Crippen molar-refractivity contribution < 1.29 is 13.9 Å². The summed E-state index contributed by atoms with van der Waals surface area (Å²) >= 11 is 0. The van der Waals surface area contributed by atoms with E-state index < -0.39 is 0 Å². The third-order valence-corrected chi connectivity index (χ3v) is 3.78. The quantitative estimate of drug-likeness (QED) is 0.855. The van der Waals surface area contributed by atoms with Crippen molar-refractivity contribution in [3.63, 3.8) is 0 Å². The number of anilines is 1. The number of hydrogen-bond donors (Lipinski definition) is 0. The number of piperazine rings is 1. The van der Waals surface area contributed by atoms with Gasteiger partial charge in [-0.1, -0.05) is 0 Å². The Bertz CT molecular complexity index is 692. The van der Waals surface area contributed by atoms with Crippen LogP contribution in [-0.4, -0.2) is 53.1 Å². The van der Waals surface area contributed by atoms with Gasteiger partial charge in [-0.2, -0.15) is 4.98 Å². The van der Waals surface area contributed by atoms with Gasteiger partial charge in [0.1, 0.15) is 11.6 Å².